The van der Waals surface area contributed by atoms with E-state index in [4.69, 9.17) is 4.42 Å². The number of imide groups is 1. The Hall–Kier alpha value is -3.42. The van der Waals surface area contributed by atoms with Crippen LogP contribution in [0, 0.1) is 12.8 Å². The summed E-state index contributed by atoms with van der Waals surface area (Å²) < 4.78 is 5.56. The van der Waals surface area contributed by atoms with E-state index >= 15 is 0 Å². The lowest BCUT2D eigenvalue weighted by Gasteiger charge is -2.23. The number of aryl methyl sites for hydroxylation is 1. The van der Waals surface area contributed by atoms with Crippen molar-refractivity contribution in [3.63, 3.8) is 0 Å². The highest BCUT2D eigenvalue weighted by molar-refractivity contribution is 6.09. The van der Waals surface area contributed by atoms with Gasteiger partial charge >= 0.3 is 6.03 Å². The van der Waals surface area contributed by atoms with Gasteiger partial charge in [0.05, 0.1) is 12.0 Å². The van der Waals surface area contributed by atoms with Crippen molar-refractivity contribution in [2.24, 2.45) is 11.0 Å². The molecule has 0 unspecified atom stereocenters. The predicted molar refractivity (Wildman–Crippen MR) is 112 cm³/mol. The Kier molecular flexibility index (Phi) is 4.46. The summed E-state index contributed by atoms with van der Waals surface area (Å²) >= 11 is 0. The van der Waals surface area contributed by atoms with Gasteiger partial charge in [-0.15, -0.1) is 0 Å². The van der Waals surface area contributed by atoms with E-state index < -0.39 is 23.5 Å². The minimum Gasteiger partial charge on any atom is -0.467 e. The molecular weight excluding hydrogens is 396 g/mol. The SMILES string of the molecule is Cc1ccc(C2=NN(C(=O)CN3C(=O)N[C@@](C)(C4CC4)C3=O)[C@@H](c3ccco3)C2)cc1. The van der Waals surface area contributed by atoms with Gasteiger partial charge in [0, 0.05) is 6.42 Å². The number of amides is 4. The molecule has 8 heteroatoms. The highest BCUT2D eigenvalue weighted by atomic mass is 16.3. The number of hydrogen-bond donors (Lipinski definition) is 1. The first-order chi connectivity index (χ1) is 14.9. The molecule has 160 valence electrons. The zero-order valence-corrected chi connectivity index (χ0v) is 17.5. The molecule has 2 fully saturated rings. The van der Waals surface area contributed by atoms with Crippen LogP contribution in [-0.4, -0.2) is 45.5 Å². The predicted octanol–water partition coefficient (Wildman–Crippen LogP) is 2.99. The van der Waals surface area contributed by atoms with Gasteiger partial charge < -0.3 is 9.73 Å². The number of carbonyl (C=O) groups is 3. The van der Waals surface area contributed by atoms with Crippen LogP contribution in [0.15, 0.2) is 52.2 Å². The molecule has 1 aromatic heterocycles. The molecule has 3 heterocycles. The molecule has 1 N–H and O–H groups in total. The Bertz CT molecular complexity index is 1070. The maximum absolute atomic E-state index is 13.2. The number of carbonyl (C=O) groups excluding carboxylic acids is 3. The number of nitrogens with one attached hydrogen (secondary N) is 1. The van der Waals surface area contributed by atoms with E-state index in [1.54, 1.807) is 25.3 Å². The summed E-state index contributed by atoms with van der Waals surface area (Å²) in [6.45, 7) is 3.40. The maximum Gasteiger partial charge on any atom is 0.325 e. The van der Waals surface area contributed by atoms with Crippen LogP contribution >= 0.6 is 0 Å². The van der Waals surface area contributed by atoms with E-state index in [0.29, 0.717) is 12.2 Å². The number of urea groups is 1. The van der Waals surface area contributed by atoms with Crippen molar-refractivity contribution < 1.29 is 18.8 Å². The first kappa shape index (κ1) is 19.5. The molecule has 0 bridgehead atoms. The Labute approximate surface area is 179 Å². The molecule has 2 atom stereocenters. The minimum atomic E-state index is -0.918. The molecule has 1 aliphatic carbocycles. The summed E-state index contributed by atoms with van der Waals surface area (Å²) in [6, 6.07) is 10.6. The molecule has 4 amide bonds. The van der Waals surface area contributed by atoms with Crippen LogP contribution < -0.4 is 5.32 Å². The molecule has 2 aromatic rings. The summed E-state index contributed by atoms with van der Waals surface area (Å²) in [5.41, 5.74) is 1.90. The topological polar surface area (TPSA) is 95.2 Å². The van der Waals surface area contributed by atoms with Crippen LogP contribution in [0.4, 0.5) is 4.79 Å². The second kappa shape index (κ2) is 7.08. The van der Waals surface area contributed by atoms with Crippen LogP contribution in [0.1, 0.15) is 49.1 Å². The van der Waals surface area contributed by atoms with E-state index in [1.807, 2.05) is 31.2 Å². The van der Waals surface area contributed by atoms with Crippen molar-refractivity contribution >= 4 is 23.6 Å². The third kappa shape index (κ3) is 3.32. The van der Waals surface area contributed by atoms with E-state index in [0.717, 1.165) is 34.6 Å². The van der Waals surface area contributed by atoms with E-state index in [1.165, 1.54) is 5.01 Å². The highest BCUT2D eigenvalue weighted by Crippen LogP contribution is 2.42. The molecule has 8 nitrogen and oxygen atoms in total. The van der Waals surface area contributed by atoms with E-state index in [-0.39, 0.29) is 18.4 Å². The molecule has 0 spiro atoms. The summed E-state index contributed by atoms with van der Waals surface area (Å²) in [5.74, 6) is -0.0195. The van der Waals surface area contributed by atoms with Gasteiger partial charge in [-0.25, -0.2) is 9.80 Å². The van der Waals surface area contributed by atoms with Gasteiger partial charge in [-0.05, 0) is 50.3 Å². The van der Waals surface area contributed by atoms with Gasteiger partial charge in [-0.2, -0.15) is 5.10 Å². The third-order valence-electron chi connectivity index (χ3n) is 6.41. The van der Waals surface area contributed by atoms with Crippen molar-refractivity contribution in [2.45, 2.75) is 44.7 Å². The average Bonchev–Trinajstić information content (AvgIpc) is 3.22. The molecule has 5 rings (SSSR count). The number of nitrogens with zero attached hydrogens (tertiary/aromatic N) is 3. The lowest BCUT2D eigenvalue weighted by molar-refractivity contribution is -0.140. The molecular formula is C23H24N4O4. The number of benzene rings is 1. The van der Waals surface area contributed by atoms with Crippen molar-refractivity contribution in [3.8, 4) is 0 Å². The van der Waals surface area contributed by atoms with E-state index in [2.05, 4.69) is 10.4 Å². The molecule has 0 radical (unpaired) electrons. The van der Waals surface area contributed by atoms with Crippen LogP contribution in [0.5, 0.6) is 0 Å². The smallest absolute Gasteiger partial charge is 0.325 e. The van der Waals surface area contributed by atoms with Gasteiger partial charge in [0.1, 0.15) is 23.9 Å². The van der Waals surface area contributed by atoms with Gasteiger partial charge in [0.15, 0.2) is 0 Å². The lowest BCUT2D eigenvalue weighted by atomic mass is 9.96. The number of hydrazone groups is 1. The zero-order valence-electron chi connectivity index (χ0n) is 17.5. The van der Waals surface area contributed by atoms with Gasteiger partial charge in [-0.3, -0.25) is 14.5 Å². The fourth-order valence-corrected chi connectivity index (χ4v) is 4.37. The second-order valence-electron chi connectivity index (χ2n) is 8.68. The first-order valence-electron chi connectivity index (χ1n) is 10.5. The summed E-state index contributed by atoms with van der Waals surface area (Å²) in [7, 11) is 0. The Morgan fingerprint density at radius 2 is 1.97 bits per heavy atom. The molecule has 2 aliphatic heterocycles. The van der Waals surface area contributed by atoms with Crippen molar-refractivity contribution in [1.29, 1.82) is 0 Å². The monoisotopic (exact) mass is 420 g/mol. The van der Waals surface area contributed by atoms with Crippen LogP contribution in [0.2, 0.25) is 0 Å². The minimum absolute atomic E-state index is 0.137. The summed E-state index contributed by atoms with van der Waals surface area (Å²) in [4.78, 5) is 39.6. The van der Waals surface area contributed by atoms with Crippen molar-refractivity contribution in [2.75, 3.05) is 6.54 Å². The molecule has 31 heavy (non-hydrogen) atoms. The quantitative estimate of drug-likeness (QED) is 0.753. The largest absolute Gasteiger partial charge is 0.467 e. The summed E-state index contributed by atoms with van der Waals surface area (Å²) in [6.07, 6.45) is 3.85. The number of hydrogen-bond acceptors (Lipinski definition) is 5. The standard InChI is InChI=1S/C23H24N4O4/c1-14-5-7-15(8-6-14)17-12-18(19-4-3-11-31-19)27(25-17)20(28)13-26-21(29)23(2,16-9-10-16)24-22(26)30/h3-8,11,16,18H,9-10,12-13H2,1-2H3,(H,24,30)/t18-,23+/m1/s1. The molecule has 1 saturated heterocycles. The second-order valence-corrected chi connectivity index (χ2v) is 8.68. The maximum atomic E-state index is 13.2. The molecule has 3 aliphatic rings. The van der Waals surface area contributed by atoms with Gasteiger partial charge in [0.2, 0.25) is 0 Å². The normalized spacial score (nSPS) is 25.7. The molecule has 1 saturated carbocycles. The Balaban J connectivity index is 1.40. The van der Waals surface area contributed by atoms with Crippen LogP contribution in [-0.2, 0) is 9.59 Å². The number of rotatable bonds is 5. The average molecular weight is 420 g/mol. The highest BCUT2D eigenvalue weighted by Gasteiger charge is 2.56. The lowest BCUT2D eigenvalue weighted by Crippen LogP contribution is -2.47. The van der Waals surface area contributed by atoms with Crippen molar-refractivity contribution in [1.82, 2.24) is 15.2 Å². The van der Waals surface area contributed by atoms with Crippen LogP contribution in [0.3, 0.4) is 0 Å². The third-order valence-corrected chi connectivity index (χ3v) is 6.41. The summed E-state index contributed by atoms with van der Waals surface area (Å²) in [5, 5.41) is 8.70. The Morgan fingerprint density at radius 1 is 1.23 bits per heavy atom. The Morgan fingerprint density at radius 3 is 2.61 bits per heavy atom. The fourth-order valence-electron chi connectivity index (χ4n) is 4.37. The van der Waals surface area contributed by atoms with Crippen molar-refractivity contribution in [3.05, 3.63) is 59.5 Å². The van der Waals surface area contributed by atoms with Gasteiger partial charge in [-0.1, -0.05) is 29.8 Å². The zero-order chi connectivity index (χ0) is 21.8. The number of furan rings is 1. The van der Waals surface area contributed by atoms with E-state index in [9.17, 15) is 14.4 Å². The fraction of sp³-hybridized carbons (Fsp3) is 0.391. The van der Waals surface area contributed by atoms with Crippen LogP contribution in [0.25, 0.3) is 0 Å². The first-order valence-corrected chi connectivity index (χ1v) is 10.5. The molecule has 1 aromatic carbocycles. The van der Waals surface area contributed by atoms with Gasteiger partial charge in [0.25, 0.3) is 11.8 Å².